The molecule has 1 aromatic carbocycles. The second-order valence-corrected chi connectivity index (χ2v) is 10.1. The third kappa shape index (κ3) is 7.87. The van der Waals surface area contributed by atoms with Crippen LogP contribution in [0.4, 0.5) is 5.82 Å². The normalized spacial score (nSPS) is 14.4. The minimum absolute atomic E-state index is 0.0955. The molecule has 4 rings (SSSR count). The number of anilines is 1. The van der Waals surface area contributed by atoms with Crippen LogP contribution in [0.3, 0.4) is 0 Å². The van der Waals surface area contributed by atoms with Crippen LogP contribution < -0.4 is 4.90 Å². The second kappa shape index (κ2) is 15.0. The molecular formula is C31H48N6O. The van der Waals surface area contributed by atoms with E-state index in [1.54, 1.807) is 6.92 Å². The maximum absolute atomic E-state index is 11.7. The van der Waals surface area contributed by atoms with E-state index in [2.05, 4.69) is 52.3 Å². The van der Waals surface area contributed by atoms with Gasteiger partial charge in [-0.05, 0) is 57.5 Å². The number of Topliss-reactive ketones (excluding diaryl/α,β-unsaturated/α-hetero) is 1. The lowest BCUT2D eigenvalue weighted by atomic mass is 10.1. The molecule has 0 radical (unpaired) electrons. The molecule has 0 bridgehead atoms. The maximum atomic E-state index is 11.7. The van der Waals surface area contributed by atoms with Crippen molar-refractivity contribution in [1.29, 1.82) is 0 Å². The lowest BCUT2D eigenvalue weighted by Gasteiger charge is -2.32. The van der Waals surface area contributed by atoms with Crippen LogP contribution in [0, 0.1) is 0 Å². The number of carbonyl (C=O) groups is 1. The molecule has 3 heterocycles. The molecular weight excluding hydrogens is 472 g/mol. The number of aromatic nitrogens is 3. The van der Waals surface area contributed by atoms with Gasteiger partial charge in [-0.15, -0.1) is 0 Å². The molecule has 0 unspecified atom stereocenters. The van der Waals surface area contributed by atoms with Gasteiger partial charge >= 0.3 is 0 Å². The molecule has 2 aromatic heterocycles. The molecule has 0 saturated carbocycles. The van der Waals surface area contributed by atoms with Crippen LogP contribution in [0.1, 0.15) is 75.6 Å². The number of piperazine rings is 1. The maximum Gasteiger partial charge on any atom is 0.162 e. The van der Waals surface area contributed by atoms with Gasteiger partial charge in [0, 0.05) is 57.8 Å². The molecule has 1 fully saturated rings. The highest BCUT2D eigenvalue weighted by molar-refractivity contribution is 5.94. The number of benzene rings is 1. The van der Waals surface area contributed by atoms with Crippen molar-refractivity contribution in [3.63, 3.8) is 0 Å². The van der Waals surface area contributed by atoms with Gasteiger partial charge in [-0.2, -0.15) is 0 Å². The number of carbonyl (C=O) groups excluding carboxylic acids is 1. The van der Waals surface area contributed by atoms with Gasteiger partial charge in [0.05, 0.1) is 0 Å². The number of hydrogen-bond acceptors (Lipinski definition) is 6. The van der Waals surface area contributed by atoms with E-state index >= 15 is 0 Å². The Labute approximate surface area is 229 Å². The van der Waals surface area contributed by atoms with Gasteiger partial charge < -0.3 is 19.3 Å². The van der Waals surface area contributed by atoms with Crippen LogP contribution >= 0.6 is 0 Å². The number of imidazole rings is 1. The number of hydrogen-bond donors (Lipinski definition) is 0. The van der Waals surface area contributed by atoms with Crippen LogP contribution in [0.15, 0.2) is 36.4 Å². The Morgan fingerprint density at radius 3 is 2.16 bits per heavy atom. The van der Waals surface area contributed by atoms with E-state index in [-0.39, 0.29) is 5.78 Å². The summed E-state index contributed by atoms with van der Waals surface area (Å²) in [6.07, 6.45) is 4.01. The summed E-state index contributed by atoms with van der Waals surface area (Å²) in [4.78, 5) is 29.2. The molecule has 0 aliphatic carbocycles. The van der Waals surface area contributed by atoms with E-state index in [4.69, 9.17) is 9.97 Å². The molecule has 7 heteroatoms. The quantitative estimate of drug-likeness (QED) is 0.293. The predicted octanol–water partition coefficient (Wildman–Crippen LogP) is 5.51. The summed E-state index contributed by atoms with van der Waals surface area (Å²) in [5.41, 5.74) is 3.85. The van der Waals surface area contributed by atoms with Gasteiger partial charge in [-0.1, -0.05) is 52.0 Å². The zero-order valence-electron chi connectivity index (χ0n) is 24.5. The van der Waals surface area contributed by atoms with Crippen LogP contribution in [0.5, 0.6) is 0 Å². The fourth-order valence-electron chi connectivity index (χ4n) is 5.03. The van der Waals surface area contributed by atoms with Crippen molar-refractivity contribution in [2.75, 3.05) is 57.8 Å². The topological polar surface area (TPSA) is 57.5 Å². The summed E-state index contributed by atoms with van der Waals surface area (Å²) in [5, 5.41) is 0. The highest BCUT2D eigenvalue weighted by Crippen LogP contribution is 2.22. The Bertz CT molecular complexity index is 1130. The highest BCUT2D eigenvalue weighted by atomic mass is 16.1. The van der Waals surface area contributed by atoms with Gasteiger partial charge in [0.1, 0.15) is 17.2 Å². The van der Waals surface area contributed by atoms with Gasteiger partial charge in [0.15, 0.2) is 11.4 Å². The Kier molecular flexibility index (Phi) is 11.7. The van der Waals surface area contributed by atoms with E-state index in [9.17, 15) is 4.79 Å². The molecule has 0 amide bonds. The predicted molar refractivity (Wildman–Crippen MR) is 159 cm³/mol. The average molecular weight is 521 g/mol. The molecule has 3 aromatic rings. The number of pyridine rings is 1. The monoisotopic (exact) mass is 520 g/mol. The smallest absolute Gasteiger partial charge is 0.162 e. The molecule has 7 nitrogen and oxygen atoms in total. The molecule has 1 aliphatic heterocycles. The first-order chi connectivity index (χ1) is 18.5. The molecule has 0 spiro atoms. The summed E-state index contributed by atoms with van der Waals surface area (Å²) in [5.74, 6) is 2.18. The lowest BCUT2D eigenvalue weighted by Crippen LogP contribution is -2.44. The first kappa shape index (κ1) is 29.8. The highest BCUT2D eigenvalue weighted by Gasteiger charge is 2.17. The fraction of sp³-hybridized carbons (Fsp3) is 0.581. The van der Waals surface area contributed by atoms with Crippen molar-refractivity contribution >= 4 is 22.8 Å². The van der Waals surface area contributed by atoms with E-state index in [1.165, 1.54) is 0 Å². The Morgan fingerprint density at radius 2 is 1.55 bits per heavy atom. The number of ketones is 1. The van der Waals surface area contributed by atoms with Gasteiger partial charge in [-0.3, -0.25) is 4.79 Å². The van der Waals surface area contributed by atoms with Crippen molar-refractivity contribution in [3.8, 4) is 0 Å². The standard InChI is InChI=1S/C29H42N6O.C2H6/c1-5-14-34(15-6-2)27-13-12-26-29(31-27)35(17-7-16-33-20-18-32(4)19-21-33)28(30-26)22-24-8-10-25(11-9-24)23(3)36;1-2/h8-13H,5-7,14-22H2,1-4H3;1-2H3. The fourth-order valence-corrected chi connectivity index (χ4v) is 5.03. The zero-order chi connectivity index (χ0) is 27.5. The van der Waals surface area contributed by atoms with E-state index < -0.39 is 0 Å². The lowest BCUT2D eigenvalue weighted by molar-refractivity contribution is 0.101. The van der Waals surface area contributed by atoms with Crippen molar-refractivity contribution in [1.82, 2.24) is 24.3 Å². The molecule has 1 aliphatic rings. The van der Waals surface area contributed by atoms with Gasteiger partial charge in [0.25, 0.3) is 0 Å². The summed E-state index contributed by atoms with van der Waals surface area (Å²) in [6, 6.07) is 12.2. The number of nitrogens with zero attached hydrogens (tertiary/aromatic N) is 6. The van der Waals surface area contributed by atoms with Gasteiger partial charge in [0.2, 0.25) is 0 Å². The molecule has 0 atom stereocenters. The number of aryl methyl sites for hydroxylation is 1. The Hall–Kier alpha value is -2.77. The Morgan fingerprint density at radius 1 is 0.895 bits per heavy atom. The summed E-state index contributed by atoms with van der Waals surface area (Å²) < 4.78 is 2.34. The molecule has 1 saturated heterocycles. The van der Waals surface area contributed by atoms with E-state index in [0.717, 1.165) is 112 Å². The number of likely N-dealkylation sites (N-methyl/N-ethyl adjacent to an activating group) is 1. The minimum atomic E-state index is 0.0955. The minimum Gasteiger partial charge on any atom is -0.357 e. The van der Waals surface area contributed by atoms with Crippen LogP contribution in [-0.4, -0.2) is 83.0 Å². The largest absolute Gasteiger partial charge is 0.357 e. The van der Waals surface area contributed by atoms with Gasteiger partial charge in [-0.25, -0.2) is 9.97 Å². The van der Waals surface area contributed by atoms with Crippen LogP contribution in [0.25, 0.3) is 11.2 Å². The molecule has 38 heavy (non-hydrogen) atoms. The number of rotatable bonds is 12. The zero-order valence-corrected chi connectivity index (χ0v) is 24.5. The summed E-state index contributed by atoms with van der Waals surface area (Å²) in [7, 11) is 2.20. The third-order valence-corrected chi connectivity index (χ3v) is 7.14. The van der Waals surface area contributed by atoms with Crippen molar-refractivity contribution in [3.05, 3.63) is 53.3 Å². The van der Waals surface area contributed by atoms with Crippen molar-refractivity contribution < 1.29 is 4.79 Å². The Balaban J connectivity index is 0.00000195. The summed E-state index contributed by atoms with van der Waals surface area (Å²) >= 11 is 0. The van der Waals surface area contributed by atoms with Crippen molar-refractivity contribution in [2.45, 2.75) is 66.8 Å². The van der Waals surface area contributed by atoms with Crippen LogP contribution in [-0.2, 0) is 13.0 Å². The molecule has 208 valence electrons. The second-order valence-electron chi connectivity index (χ2n) is 10.1. The van der Waals surface area contributed by atoms with E-state index in [1.807, 2.05) is 38.1 Å². The third-order valence-electron chi connectivity index (χ3n) is 7.14. The first-order valence-electron chi connectivity index (χ1n) is 14.6. The summed E-state index contributed by atoms with van der Waals surface area (Å²) in [6.45, 7) is 18.6. The number of fused-ring (bicyclic) bond motifs is 1. The van der Waals surface area contributed by atoms with E-state index in [0.29, 0.717) is 0 Å². The first-order valence-corrected chi connectivity index (χ1v) is 14.6. The molecule has 0 N–H and O–H groups in total. The average Bonchev–Trinajstić information content (AvgIpc) is 3.27. The van der Waals surface area contributed by atoms with Crippen molar-refractivity contribution in [2.24, 2.45) is 0 Å². The van der Waals surface area contributed by atoms with Crippen LogP contribution in [0.2, 0.25) is 0 Å². The SMILES string of the molecule is CC.CCCN(CCC)c1ccc2nc(Cc3ccc(C(C)=O)cc3)n(CCCN3CCN(C)CC3)c2n1.